The zero-order valence-electron chi connectivity index (χ0n) is 13.2. The number of ether oxygens (including phenoxy) is 1. The molecule has 1 atom stereocenters. The van der Waals surface area contributed by atoms with Gasteiger partial charge in [-0.15, -0.1) is 0 Å². The Kier molecular flexibility index (Phi) is 5.85. The molecule has 116 valence electrons. The van der Waals surface area contributed by atoms with Gasteiger partial charge in [0.1, 0.15) is 6.04 Å². The summed E-state index contributed by atoms with van der Waals surface area (Å²) in [6, 6.07) is 1.09. The van der Waals surface area contributed by atoms with Gasteiger partial charge in [-0.05, 0) is 51.5 Å². The first kappa shape index (κ1) is 15.8. The first-order chi connectivity index (χ1) is 9.60. The van der Waals surface area contributed by atoms with Crippen LogP contribution in [0.4, 0.5) is 0 Å². The maximum Gasteiger partial charge on any atom is 0.324 e. The van der Waals surface area contributed by atoms with Crippen molar-refractivity contribution in [1.82, 2.24) is 10.2 Å². The number of rotatable bonds is 10. The minimum atomic E-state index is -0.143. The molecule has 2 fully saturated rings. The van der Waals surface area contributed by atoms with Gasteiger partial charge >= 0.3 is 5.97 Å². The van der Waals surface area contributed by atoms with Gasteiger partial charge in [-0.3, -0.25) is 9.69 Å². The van der Waals surface area contributed by atoms with Crippen LogP contribution in [0.1, 0.15) is 52.9 Å². The summed E-state index contributed by atoms with van der Waals surface area (Å²) in [5.74, 6) is 0.642. The highest BCUT2D eigenvalue weighted by Crippen LogP contribution is 2.28. The first-order valence-corrected chi connectivity index (χ1v) is 8.26. The largest absolute Gasteiger partial charge is 0.465 e. The van der Waals surface area contributed by atoms with Gasteiger partial charge in [0.2, 0.25) is 0 Å². The molecule has 0 spiro atoms. The maximum atomic E-state index is 12.1. The van der Waals surface area contributed by atoms with E-state index in [0.717, 1.165) is 13.1 Å². The Morgan fingerprint density at radius 2 is 2.00 bits per heavy atom. The molecule has 2 aliphatic carbocycles. The Balaban J connectivity index is 1.86. The van der Waals surface area contributed by atoms with E-state index in [2.05, 4.69) is 24.1 Å². The van der Waals surface area contributed by atoms with Crippen LogP contribution >= 0.6 is 0 Å². The SMILES string of the molecule is CCOC(=O)C(CN(CCC(C)C)C1CC1)NC1CC1. The van der Waals surface area contributed by atoms with Crippen LogP contribution in [0.5, 0.6) is 0 Å². The summed E-state index contributed by atoms with van der Waals surface area (Å²) < 4.78 is 5.23. The Labute approximate surface area is 123 Å². The number of hydrogen-bond acceptors (Lipinski definition) is 4. The van der Waals surface area contributed by atoms with Crippen molar-refractivity contribution < 1.29 is 9.53 Å². The molecule has 0 aromatic carbocycles. The number of carbonyl (C=O) groups is 1. The van der Waals surface area contributed by atoms with Gasteiger partial charge < -0.3 is 10.1 Å². The highest BCUT2D eigenvalue weighted by Gasteiger charge is 2.35. The van der Waals surface area contributed by atoms with Crippen molar-refractivity contribution in [2.24, 2.45) is 5.92 Å². The predicted octanol–water partition coefficient (Wildman–Crippen LogP) is 2.18. The van der Waals surface area contributed by atoms with Gasteiger partial charge in [0.05, 0.1) is 6.61 Å². The van der Waals surface area contributed by atoms with Crippen molar-refractivity contribution in [3.05, 3.63) is 0 Å². The smallest absolute Gasteiger partial charge is 0.324 e. The van der Waals surface area contributed by atoms with E-state index in [-0.39, 0.29) is 12.0 Å². The van der Waals surface area contributed by atoms with Crippen LogP contribution in [0, 0.1) is 5.92 Å². The lowest BCUT2D eigenvalue weighted by Crippen LogP contribution is -2.48. The lowest BCUT2D eigenvalue weighted by atomic mass is 10.1. The number of hydrogen-bond donors (Lipinski definition) is 1. The zero-order chi connectivity index (χ0) is 14.5. The minimum absolute atomic E-state index is 0.0744. The third kappa shape index (κ3) is 5.41. The lowest BCUT2D eigenvalue weighted by Gasteiger charge is -2.27. The molecule has 0 amide bonds. The Bertz CT molecular complexity index is 312. The Morgan fingerprint density at radius 3 is 2.50 bits per heavy atom. The normalized spacial score (nSPS) is 20.4. The molecule has 0 heterocycles. The summed E-state index contributed by atoms with van der Waals surface area (Å²) in [5.41, 5.74) is 0. The van der Waals surface area contributed by atoms with Gasteiger partial charge in [0.25, 0.3) is 0 Å². The van der Waals surface area contributed by atoms with Crippen molar-refractivity contribution in [2.45, 2.75) is 71.0 Å². The van der Waals surface area contributed by atoms with E-state index in [1.54, 1.807) is 0 Å². The van der Waals surface area contributed by atoms with Crippen LogP contribution in [0.2, 0.25) is 0 Å². The van der Waals surface area contributed by atoms with Gasteiger partial charge in [0, 0.05) is 18.6 Å². The molecule has 4 nitrogen and oxygen atoms in total. The summed E-state index contributed by atoms with van der Waals surface area (Å²) in [5, 5.41) is 3.46. The fourth-order valence-electron chi connectivity index (χ4n) is 2.49. The predicted molar refractivity (Wildman–Crippen MR) is 80.6 cm³/mol. The fourth-order valence-corrected chi connectivity index (χ4v) is 2.49. The molecular formula is C16H30N2O2. The van der Waals surface area contributed by atoms with E-state index >= 15 is 0 Å². The van der Waals surface area contributed by atoms with Crippen molar-refractivity contribution in [3.63, 3.8) is 0 Å². The summed E-state index contributed by atoms with van der Waals surface area (Å²) in [6.07, 6.45) is 6.18. The third-order valence-corrected chi connectivity index (χ3v) is 4.06. The van der Waals surface area contributed by atoms with E-state index in [1.807, 2.05) is 6.92 Å². The van der Waals surface area contributed by atoms with Crippen molar-refractivity contribution in [2.75, 3.05) is 19.7 Å². The molecule has 2 rings (SSSR count). The molecular weight excluding hydrogens is 252 g/mol. The molecule has 20 heavy (non-hydrogen) atoms. The fraction of sp³-hybridized carbons (Fsp3) is 0.938. The average molecular weight is 282 g/mol. The second-order valence-electron chi connectivity index (χ2n) is 6.65. The van der Waals surface area contributed by atoms with Gasteiger partial charge in [-0.1, -0.05) is 13.8 Å². The third-order valence-electron chi connectivity index (χ3n) is 4.06. The van der Waals surface area contributed by atoms with Crippen molar-refractivity contribution >= 4 is 5.97 Å². The molecule has 4 heteroatoms. The van der Waals surface area contributed by atoms with E-state index in [0.29, 0.717) is 24.6 Å². The second-order valence-corrected chi connectivity index (χ2v) is 6.65. The summed E-state index contributed by atoms with van der Waals surface area (Å²) >= 11 is 0. The van der Waals surface area contributed by atoms with Crippen LogP contribution in [0.3, 0.4) is 0 Å². The van der Waals surface area contributed by atoms with E-state index in [1.165, 1.54) is 32.1 Å². The topological polar surface area (TPSA) is 41.6 Å². The summed E-state index contributed by atoms with van der Waals surface area (Å²) in [6.45, 7) is 8.78. The molecule has 0 aromatic heterocycles. The highest BCUT2D eigenvalue weighted by molar-refractivity contribution is 5.76. The summed E-state index contributed by atoms with van der Waals surface area (Å²) in [4.78, 5) is 14.6. The summed E-state index contributed by atoms with van der Waals surface area (Å²) in [7, 11) is 0. The van der Waals surface area contributed by atoms with Crippen LogP contribution < -0.4 is 5.32 Å². The number of nitrogens with zero attached hydrogens (tertiary/aromatic N) is 1. The molecule has 0 bridgehead atoms. The first-order valence-electron chi connectivity index (χ1n) is 8.26. The van der Waals surface area contributed by atoms with Crippen molar-refractivity contribution in [3.8, 4) is 0 Å². The number of carbonyl (C=O) groups excluding carboxylic acids is 1. The molecule has 1 unspecified atom stereocenters. The molecule has 1 N–H and O–H groups in total. The van der Waals surface area contributed by atoms with Gasteiger partial charge in [-0.2, -0.15) is 0 Å². The van der Waals surface area contributed by atoms with Crippen LogP contribution in [-0.4, -0.2) is 48.7 Å². The molecule has 2 saturated carbocycles. The minimum Gasteiger partial charge on any atom is -0.465 e. The Hall–Kier alpha value is -0.610. The van der Waals surface area contributed by atoms with E-state index in [9.17, 15) is 4.79 Å². The van der Waals surface area contributed by atoms with Gasteiger partial charge in [-0.25, -0.2) is 0 Å². The second kappa shape index (κ2) is 7.41. The highest BCUT2D eigenvalue weighted by atomic mass is 16.5. The quantitative estimate of drug-likeness (QED) is 0.624. The molecule has 0 aromatic rings. The van der Waals surface area contributed by atoms with Crippen LogP contribution in [-0.2, 0) is 9.53 Å². The molecule has 0 aliphatic heterocycles. The monoisotopic (exact) mass is 282 g/mol. The van der Waals surface area contributed by atoms with E-state index in [4.69, 9.17) is 4.74 Å². The number of esters is 1. The van der Waals surface area contributed by atoms with E-state index < -0.39 is 0 Å². The number of nitrogens with one attached hydrogen (secondary N) is 1. The standard InChI is InChI=1S/C16H30N2O2/c1-4-20-16(19)15(17-13-5-6-13)11-18(14-7-8-14)10-9-12(2)3/h12-15,17H,4-11H2,1-3H3. The molecule has 0 saturated heterocycles. The molecule has 0 radical (unpaired) electrons. The van der Waals surface area contributed by atoms with Crippen LogP contribution in [0.25, 0.3) is 0 Å². The average Bonchev–Trinajstić information content (AvgIpc) is 3.26. The zero-order valence-corrected chi connectivity index (χ0v) is 13.2. The van der Waals surface area contributed by atoms with Crippen molar-refractivity contribution in [1.29, 1.82) is 0 Å². The van der Waals surface area contributed by atoms with Crippen LogP contribution in [0.15, 0.2) is 0 Å². The lowest BCUT2D eigenvalue weighted by molar-refractivity contribution is -0.146. The Morgan fingerprint density at radius 1 is 1.30 bits per heavy atom. The molecule has 2 aliphatic rings. The maximum absolute atomic E-state index is 12.1. The van der Waals surface area contributed by atoms with Gasteiger partial charge in [0.15, 0.2) is 0 Å².